The molecule has 5 rings (SSSR count). The molecular formula is C22H15NO3. The third-order valence-electron chi connectivity index (χ3n) is 4.82. The summed E-state index contributed by atoms with van der Waals surface area (Å²) in [7, 11) is 0. The Hall–Kier alpha value is -3.40. The SMILES string of the molecule is O=C1OC2(CC(c3cccc(-c4ccccc4)c3)=NO2)c2ccccc21. The summed E-state index contributed by atoms with van der Waals surface area (Å²) in [6, 6.07) is 25.6. The van der Waals surface area contributed by atoms with E-state index in [1.54, 1.807) is 6.07 Å². The first kappa shape index (κ1) is 14.9. The van der Waals surface area contributed by atoms with Gasteiger partial charge in [-0.15, -0.1) is 0 Å². The zero-order valence-corrected chi connectivity index (χ0v) is 13.9. The molecule has 0 aliphatic carbocycles. The van der Waals surface area contributed by atoms with Crippen LogP contribution in [-0.4, -0.2) is 11.7 Å². The van der Waals surface area contributed by atoms with Crippen molar-refractivity contribution in [3.05, 3.63) is 95.6 Å². The van der Waals surface area contributed by atoms with Crippen LogP contribution in [0.2, 0.25) is 0 Å². The van der Waals surface area contributed by atoms with Crippen molar-refractivity contribution in [2.45, 2.75) is 12.2 Å². The largest absolute Gasteiger partial charge is 0.412 e. The van der Waals surface area contributed by atoms with Crippen molar-refractivity contribution in [2.75, 3.05) is 0 Å². The zero-order valence-electron chi connectivity index (χ0n) is 13.9. The maximum absolute atomic E-state index is 12.2. The minimum absolute atomic E-state index is 0.366. The van der Waals surface area contributed by atoms with Gasteiger partial charge in [0, 0.05) is 5.56 Å². The Morgan fingerprint density at radius 3 is 2.42 bits per heavy atom. The molecule has 2 aliphatic heterocycles. The topological polar surface area (TPSA) is 47.9 Å². The molecule has 0 aromatic heterocycles. The maximum Gasteiger partial charge on any atom is 0.342 e. The highest BCUT2D eigenvalue weighted by Crippen LogP contribution is 2.44. The highest BCUT2D eigenvalue weighted by molar-refractivity contribution is 6.04. The highest BCUT2D eigenvalue weighted by atomic mass is 16.8. The van der Waals surface area contributed by atoms with Crippen LogP contribution >= 0.6 is 0 Å². The van der Waals surface area contributed by atoms with Crippen LogP contribution < -0.4 is 0 Å². The predicted octanol–water partition coefficient (Wildman–Crippen LogP) is 4.50. The van der Waals surface area contributed by atoms with E-state index in [0.29, 0.717) is 12.0 Å². The lowest BCUT2D eigenvalue weighted by molar-refractivity contribution is -0.186. The molecule has 0 saturated carbocycles. The van der Waals surface area contributed by atoms with Crippen molar-refractivity contribution in [3.63, 3.8) is 0 Å². The van der Waals surface area contributed by atoms with E-state index in [-0.39, 0.29) is 5.97 Å². The van der Waals surface area contributed by atoms with Gasteiger partial charge in [-0.3, -0.25) is 0 Å². The normalized spacial score (nSPS) is 20.5. The number of benzene rings is 3. The van der Waals surface area contributed by atoms with Crippen molar-refractivity contribution in [1.82, 2.24) is 0 Å². The monoisotopic (exact) mass is 341 g/mol. The number of esters is 1. The van der Waals surface area contributed by atoms with E-state index in [4.69, 9.17) is 9.57 Å². The van der Waals surface area contributed by atoms with Gasteiger partial charge in [0.1, 0.15) is 0 Å². The molecule has 4 nitrogen and oxygen atoms in total. The van der Waals surface area contributed by atoms with Crippen molar-refractivity contribution < 1.29 is 14.4 Å². The summed E-state index contributed by atoms with van der Waals surface area (Å²) < 4.78 is 5.57. The van der Waals surface area contributed by atoms with Gasteiger partial charge in [0.25, 0.3) is 0 Å². The Morgan fingerprint density at radius 1 is 0.808 bits per heavy atom. The number of oxime groups is 1. The highest BCUT2D eigenvalue weighted by Gasteiger charge is 2.52. The molecule has 3 aromatic rings. The van der Waals surface area contributed by atoms with Crippen molar-refractivity contribution in [2.24, 2.45) is 5.16 Å². The number of hydrogen-bond acceptors (Lipinski definition) is 4. The first-order valence-electron chi connectivity index (χ1n) is 8.49. The molecule has 2 aliphatic rings. The quantitative estimate of drug-likeness (QED) is 0.645. The van der Waals surface area contributed by atoms with Gasteiger partial charge in [0.2, 0.25) is 0 Å². The Morgan fingerprint density at radius 2 is 1.54 bits per heavy atom. The fourth-order valence-electron chi connectivity index (χ4n) is 3.53. The molecule has 0 bridgehead atoms. The van der Waals surface area contributed by atoms with Gasteiger partial charge in [-0.25, -0.2) is 4.79 Å². The Kier molecular flexibility index (Phi) is 3.19. The van der Waals surface area contributed by atoms with Crippen LogP contribution in [0.4, 0.5) is 0 Å². The second-order valence-electron chi connectivity index (χ2n) is 6.44. The lowest BCUT2D eigenvalue weighted by Crippen LogP contribution is -2.26. The van der Waals surface area contributed by atoms with E-state index in [1.807, 2.05) is 48.5 Å². The van der Waals surface area contributed by atoms with Gasteiger partial charge in [-0.2, -0.15) is 0 Å². The molecular weight excluding hydrogens is 326 g/mol. The van der Waals surface area contributed by atoms with Gasteiger partial charge in [0.15, 0.2) is 0 Å². The van der Waals surface area contributed by atoms with Crippen LogP contribution in [-0.2, 0) is 15.4 Å². The first-order chi connectivity index (χ1) is 12.8. The average molecular weight is 341 g/mol. The number of fused-ring (bicyclic) bond motifs is 2. The summed E-state index contributed by atoms with van der Waals surface area (Å²) in [4.78, 5) is 17.8. The lowest BCUT2D eigenvalue weighted by Gasteiger charge is -2.20. The van der Waals surface area contributed by atoms with E-state index in [0.717, 1.165) is 28.0 Å². The summed E-state index contributed by atoms with van der Waals surface area (Å²) in [5, 5.41) is 4.25. The van der Waals surface area contributed by atoms with E-state index >= 15 is 0 Å². The summed E-state index contributed by atoms with van der Waals surface area (Å²) in [6.07, 6.45) is 0.397. The van der Waals surface area contributed by atoms with Crippen molar-refractivity contribution in [1.29, 1.82) is 0 Å². The van der Waals surface area contributed by atoms with Gasteiger partial charge in [-0.05, 0) is 23.3 Å². The molecule has 0 fully saturated rings. The van der Waals surface area contributed by atoms with Crippen LogP contribution in [0.15, 0.2) is 84.0 Å². The fourth-order valence-corrected chi connectivity index (χ4v) is 3.53. The molecule has 0 amide bonds. The van der Waals surface area contributed by atoms with E-state index in [9.17, 15) is 4.79 Å². The van der Waals surface area contributed by atoms with Crippen molar-refractivity contribution >= 4 is 11.7 Å². The number of rotatable bonds is 2. The number of ether oxygens (including phenoxy) is 1. The summed E-state index contributed by atoms with van der Waals surface area (Å²) in [5.41, 5.74) is 5.26. The second kappa shape index (κ2) is 5.56. The summed E-state index contributed by atoms with van der Waals surface area (Å²) in [6.45, 7) is 0. The van der Waals surface area contributed by atoms with Gasteiger partial charge >= 0.3 is 11.8 Å². The standard InChI is InChI=1S/C22H15NO3/c24-21-18-11-4-5-12-19(18)22(25-21)14-20(23-26-22)17-10-6-9-16(13-17)15-7-2-1-3-8-15/h1-13H,14H2. The zero-order chi connectivity index (χ0) is 17.6. The molecule has 2 heterocycles. The van der Waals surface area contributed by atoms with E-state index in [2.05, 4.69) is 29.4 Å². The molecule has 1 unspecified atom stereocenters. The molecule has 1 atom stereocenters. The van der Waals surface area contributed by atoms with Crippen LogP contribution in [0, 0.1) is 0 Å². The van der Waals surface area contributed by atoms with Crippen LogP contribution in [0.3, 0.4) is 0 Å². The minimum Gasteiger partial charge on any atom is -0.412 e. The maximum atomic E-state index is 12.2. The first-order valence-corrected chi connectivity index (χ1v) is 8.49. The molecule has 4 heteroatoms. The fraction of sp³-hybridized carbons (Fsp3) is 0.0909. The second-order valence-corrected chi connectivity index (χ2v) is 6.44. The third-order valence-corrected chi connectivity index (χ3v) is 4.82. The van der Waals surface area contributed by atoms with Gasteiger partial charge in [0.05, 0.1) is 23.3 Å². The van der Waals surface area contributed by atoms with Crippen LogP contribution in [0.1, 0.15) is 27.9 Å². The number of nitrogens with zero attached hydrogens (tertiary/aromatic N) is 1. The summed E-state index contributed by atoms with van der Waals surface area (Å²) >= 11 is 0. The number of carbonyl (C=O) groups excluding carboxylic acids is 1. The van der Waals surface area contributed by atoms with Crippen LogP contribution in [0.25, 0.3) is 11.1 Å². The van der Waals surface area contributed by atoms with Crippen LogP contribution in [0.5, 0.6) is 0 Å². The summed E-state index contributed by atoms with van der Waals surface area (Å²) in [5.74, 6) is -1.50. The Bertz CT molecular complexity index is 1040. The molecule has 126 valence electrons. The molecule has 0 radical (unpaired) electrons. The minimum atomic E-state index is -1.13. The third kappa shape index (κ3) is 2.23. The molecule has 1 spiro atoms. The lowest BCUT2D eigenvalue weighted by atomic mass is 9.94. The van der Waals surface area contributed by atoms with Crippen molar-refractivity contribution in [3.8, 4) is 11.1 Å². The Labute approximate surface area is 150 Å². The molecule has 26 heavy (non-hydrogen) atoms. The smallest absolute Gasteiger partial charge is 0.342 e. The average Bonchev–Trinajstić information content (AvgIpc) is 3.25. The predicted molar refractivity (Wildman–Crippen MR) is 97.7 cm³/mol. The number of hydrogen-bond donors (Lipinski definition) is 0. The van der Waals surface area contributed by atoms with E-state index < -0.39 is 5.79 Å². The van der Waals surface area contributed by atoms with Gasteiger partial charge in [-0.1, -0.05) is 71.9 Å². The van der Waals surface area contributed by atoms with E-state index in [1.165, 1.54) is 0 Å². The molecule has 0 N–H and O–H groups in total. The van der Waals surface area contributed by atoms with Gasteiger partial charge < -0.3 is 9.57 Å². The molecule has 3 aromatic carbocycles. The number of carbonyl (C=O) groups is 1. The Balaban J connectivity index is 1.48. The molecule has 0 saturated heterocycles.